The molecule has 10 nitrogen and oxygen atoms in total. The van der Waals surface area contributed by atoms with Crippen LogP contribution in [-0.2, 0) is 12.8 Å². The van der Waals surface area contributed by atoms with Crippen molar-refractivity contribution >= 4 is 5.84 Å². The second kappa shape index (κ2) is 9.41. The van der Waals surface area contributed by atoms with Crippen molar-refractivity contribution in [3.05, 3.63) is 93.4 Å². The van der Waals surface area contributed by atoms with E-state index < -0.39 is 5.69 Å². The Morgan fingerprint density at radius 1 is 1.17 bits per heavy atom. The molecule has 10 heteroatoms. The number of fused-ring (bicyclic) bond motifs is 1. The van der Waals surface area contributed by atoms with Crippen LogP contribution in [-0.4, -0.2) is 43.8 Å². The zero-order valence-electron chi connectivity index (χ0n) is 19.2. The first kappa shape index (κ1) is 22.3. The maximum absolute atomic E-state index is 12.8. The number of rotatable bonds is 7. The Morgan fingerprint density at radius 2 is 1.91 bits per heavy atom. The van der Waals surface area contributed by atoms with Crippen LogP contribution in [0.3, 0.4) is 0 Å². The van der Waals surface area contributed by atoms with Crippen molar-refractivity contribution in [1.82, 2.24) is 24.7 Å². The highest BCUT2D eigenvalue weighted by molar-refractivity contribution is 5.94. The van der Waals surface area contributed by atoms with Gasteiger partial charge in [-0.05, 0) is 41.7 Å². The number of amidine groups is 1. The molecule has 0 amide bonds. The van der Waals surface area contributed by atoms with Gasteiger partial charge in [-0.15, -0.1) is 9.78 Å². The molecule has 0 aliphatic carbocycles. The Balaban J connectivity index is 1.60. The van der Waals surface area contributed by atoms with Crippen molar-refractivity contribution in [3.8, 4) is 17.4 Å². The SMILES string of the molecule is CCc1cc(C(Cc2ccc(C(=N)N)cc2)c2nn(-c3ncccn3)c(=O)[nH]2)cc2c1OCCO2. The Labute approximate surface area is 201 Å². The maximum atomic E-state index is 12.8. The van der Waals surface area contributed by atoms with Gasteiger partial charge in [-0.25, -0.2) is 14.8 Å². The first-order chi connectivity index (χ1) is 17.0. The summed E-state index contributed by atoms with van der Waals surface area (Å²) in [4.78, 5) is 24.0. The molecule has 3 heterocycles. The third-order valence-electron chi connectivity index (χ3n) is 5.94. The fraction of sp³-hybridized carbons (Fsp3) is 0.240. The molecular weight excluding hydrogens is 446 g/mol. The van der Waals surface area contributed by atoms with Gasteiger partial charge in [0.2, 0.25) is 0 Å². The molecule has 1 aliphatic rings. The van der Waals surface area contributed by atoms with Crippen molar-refractivity contribution in [1.29, 1.82) is 5.41 Å². The summed E-state index contributed by atoms with van der Waals surface area (Å²) in [5, 5.41) is 12.2. The summed E-state index contributed by atoms with van der Waals surface area (Å²) < 4.78 is 12.9. The fourth-order valence-corrected chi connectivity index (χ4v) is 4.18. The Hall–Kier alpha value is -4.47. The van der Waals surface area contributed by atoms with Gasteiger partial charge in [0.1, 0.15) is 24.9 Å². The topological polar surface area (TPSA) is 145 Å². The third kappa shape index (κ3) is 4.50. The third-order valence-corrected chi connectivity index (χ3v) is 5.94. The van der Waals surface area contributed by atoms with Crippen molar-refractivity contribution in [2.45, 2.75) is 25.7 Å². The second-order valence-corrected chi connectivity index (χ2v) is 8.20. The van der Waals surface area contributed by atoms with E-state index in [4.69, 9.17) is 20.6 Å². The van der Waals surface area contributed by atoms with E-state index in [0.717, 1.165) is 28.9 Å². The van der Waals surface area contributed by atoms with Gasteiger partial charge < -0.3 is 15.2 Å². The van der Waals surface area contributed by atoms with Gasteiger partial charge in [-0.2, -0.15) is 0 Å². The van der Waals surface area contributed by atoms with Gasteiger partial charge >= 0.3 is 5.69 Å². The molecule has 0 saturated carbocycles. The summed E-state index contributed by atoms with van der Waals surface area (Å²) in [6.07, 6.45) is 4.43. The van der Waals surface area contributed by atoms with Crippen LogP contribution in [0.25, 0.3) is 5.95 Å². The summed E-state index contributed by atoms with van der Waals surface area (Å²) >= 11 is 0. The van der Waals surface area contributed by atoms with Gasteiger partial charge in [0.15, 0.2) is 11.5 Å². The van der Waals surface area contributed by atoms with Crippen LogP contribution in [0.15, 0.2) is 59.7 Å². The highest BCUT2D eigenvalue weighted by atomic mass is 16.6. The van der Waals surface area contributed by atoms with Crippen LogP contribution in [0.4, 0.5) is 0 Å². The zero-order valence-corrected chi connectivity index (χ0v) is 19.2. The Morgan fingerprint density at radius 3 is 2.63 bits per heavy atom. The standard InChI is InChI=1S/C25H25N7O3/c1-2-16-13-18(14-20-21(16)35-11-10-34-20)19(12-15-4-6-17(7-5-15)22(26)27)23-30-25(33)32(31-23)24-28-8-3-9-29-24/h3-9,13-14,19H,2,10-12H2,1H3,(H3,26,27)(H,30,31,33). The van der Waals surface area contributed by atoms with E-state index in [-0.39, 0.29) is 17.7 Å². The van der Waals surface area contributed by atoms with E-state index in [1.165, 1.54) is 4.68 Å². The average Bonchev–Trinajstić information content (AvgIpc) is 3.28. The van der Waals surface area contributed by atoms with Crippen molar-refractivity contribution < 1.29 is 9.47 Å². The van der Waals surface area contributed by atoms with Crippen molar-refractivity contribution in [3.63, 3.8) is 0 Å². The molecule has 4 aromatic rings. The summed E-state index contributed by atoms with van der Waals surface area (Å²) in [6, 6.07) is 13.2. The lowest BCUT2D eigenvalue weighted by molar-refractivity contribution is 0.170. The number of nitrogen functional groups attached to an aromatic ring is 1. The number of benzene rings is 2. The lowest BCUT2D eigenvalue weighted by Gasteiger charge is -2.24. The minimum Gasteiger partial charge on any atom is -0.486 e. The molecule has 0 radical (unpaired) electrons. The highest BCUT2D eigenvalue weighted by Gasteiger charge is 2.25. The molecule has 1 atom stereocenters. The summed E-state index contributed by atoms with van der Waals surface area (Å²) in [6.45, 7) is 3.06. The molecule has 0 saturated heterocycles. The van der Waals surface area contributed by atoms with Crippen LogP contribution in [0.1, 0.15) is 40.9 Å². The number of H-pyrrole nitrogens is 1. The normalized spacial score (nSPS) is 13.4. The minimum absolute atomic E-state index is 0.0125. The molecule has 4 N–H and O–H groups in total. The van der Waals surface area contributed by atoms with Crippen LogP contribution in [0.2, 0.25) is 0 Å². The Kier molecular flexibility index (Phi) is 6.01. The molecule has 35 heavy (non-hydrogen) atoms. The van der Waals surface area contributed by atoms with E-state index in [1.807, 2.05) is 30.3 Å². The average molecular weight is 472 g/mol. The largest absolute Gasteiger partial charge is 0.486 e. The molecule has 2 aromatic heterocycles. The van der Waals surface area contributed by atoms with Gasteiger partial charge in [-0.1, -0.05) is 37.3 Å². The first-order valence-electron chi connectivity index (χ1n) is 11.4. The minimum atomic E-state index is -0.420. The second-order valence-electron chi connectivity index (χ2n) is 8.20. The van der Waals surface area contributed by atoms with E-state index in [9.17, 15) is 4.79 Å². The van der Waals surface area contributed by atoms with Crippen LogP contribution < -0.4 is 20.9 Å². The lowest BCUT2D eigenvalue weighted by Crippen LogP contribution is -2.18. The smallest absolute Gasteiger partial charge is 0.350 e. The van der Waals surface area contributed by atoms with Crippen LogP contribution in [0, 0.1) is 5.41 Å². The highest BCUT2D eigenvalue weighted by Crippen LogP contribution is 2.39. The lowest BCUT2D eigenvalue weighted by atomic mass is 9.89. The number of nitrogens with one attached hydrogen (secondary N) is 2. The maximum Gasteiger partial charge on any atom is 0.350 e. The molecule has 5 rings (SSSR count). The quantitative estimate of drug-likeness (QED) is 0.277. The predicted octanol–water partition coefficient (Wildman–Crippen LogP) is 2.34. The van der Waals surface area contributed by atoms with Gasteiger partial charge in [0.05, 0.1) is 0 Å². The van der Waals surface area contributed by atoms with Gasteiger partial charge in [0.25, 0.3) is 5.95 Å². The Bertz CT molecular complexity index is 1390. The number of nitrogens with two attached hydrogens (primary N) is 1. The monoisotopic (exact) mass is 471 g/mol. The molecular formula is C25H25N7O3. The first-order valence-corrected chi connectivity index (χ1v) is 11.4. The summed E-state index contributed by atoms with van der Waals surface area (Å²) in [5.74, 6) is 1.85. The number of hydrogen-bond donors (Lipinski definition) is 3. The number of aryl methyl sites for hydroxylation is 1. The number of ether oxygens (including phenoxy) is 2. The molecule has 0 spiro atoms. The van der Waals surface area contributed by atoms with Crippen LogP contribution >= 0.6 is 0 Å². The van der Waals surface area contributed by atoms with Gasteiger partial charge in [-0.3, -0.25) is 10.4 Å². The van der Waals surface area contributed by atoms with E-state index >= 15 is 0 Å². The van der Waals surface area contributed by atoms with Crippen LogP contribution in [0.5, 0.6) is 11.5 Å². The zero-order chi connectivity index (χ0) is 24.4. The summed E-state index contributed by atoms with van der Waals surface area (Å²) in [7, 11) is 0. The molecule has 0 fully saturated rings. The summed E-state index contributed by atoms with van der Waals surface area (Å²) in [5.41, 5.74) is 8.81. The molecule has 2 aromatic carbocycles. The number of aromatic nitrogens is 5. The van der Waals surface area contributed by atoms with E-state index in [0.29, 0.717) is 36.8 Å². The predicted molar refractivity (Wildman–Crippen MR) is 130 cm³/mol. The molecule has 1 aliphatic heterocycles. The van der Waals surface area contributed by atoms with Crippen molar-refractivity contribution in [2.75, 3.05) is 13.2 Å². The fourth-order valence-electron chi connectivity index (χ4n) is 4.18. The molecule has 0 bridgehead atoms. The number of hydrogen-bond acceptors (Lipinski definition) is 7. The number of aromatic amines is 1. The van der Waals surface area contributed by atoms with E-state index in [1.54, 1.807) is 18.5 Å². The van der Waals surface area contributed by atoms with Crippen molar-refractivity contribution in [2.24, 2.45) is 5.73 Å². The molecule has 1 unspecified atom stereocenters. The molecule has 178 valence electrons. The van der Waals surface area contributed by atoms with Gasteiger partial charge in [0, 0.05) is 23.9 Å². The number of nitrogens with zero attached hydrogens (tertiary/aromatic N) is 4. The van der Waals surface area contributed by atoms with E-state index in [2.05, 4.69) is 33.0 Å².